The molecule has 0 unspecified atom stereocenters. The lowest BCUT2D eigenvalue weighted by Crippen LogP contribution is -2.15. The highest BCUT2D eigenvalue weighted by atomic mass is 16.6. The average Bonchev–Trinajstić information content (AvgIpc) is 2.15. The van der Waals surface area contributed by atoms with Crippen LogP contribution in [0.1, 0.15) is 45.7 Å². The van der Waals surface area contributed by atoms with E-state index in [1.54, 1.807) is 12.1 Å². The Balaban J connectivity index is 3.37. The third kappa shape index (κ3) is 2.60. The van der Waals surface area contributed by atoms with E-state index in [-0.39, 0.29) is 16.0 Å². The van der Waals surface area contributed by atoms with Crippen molar-refractivity contribution in [3.63, 3.8) is 0 Å². The molecule has 3 nitrogen and oxygen atoms in total. The molecule has 3 heteroatoms. The molecule has 1 aromatic rings. The first kappa shape index (κ1) is 12.7. The lowest BCUT2D eigenvalue weighted by molar-refractivity contribution is -0.384. The molecule has 0 saturated carbocycles. The second-order valence-electron chi connectivity index (χ2n) is 5.24. The smallest absolute Gasteiger partial charge is 0.258 e. The third-order valence-electron chi connectivity index (χ3n) is 2.56. The number of non-ortho nitro benzene ring substituents is 1. The van der Waals surface area contributed by atoms with E-state index in [0.29, 0.717) is 0 Å². The van der Waals surface area contributed by atoms with E-state index in [9.17, 15) is 10.1 Å². The summed E-state index contributed by atoms with van der Waals surface area (Å²) in [6, 6.07) is 5.10. The molecule has 0 amide bonds. The Morgan fingerprint density at radius 3 is 2.19 bits per heavy atom. The monoisotopic (exact) mass is 220 g/mol. The predicted molar refractivity (Wildman–Crippen MR) is 65.5 cm³/mol. The summed E-state index contributed by atoms with van der Waals surface area (Å²) < 4.78 is 0. The zero-order valence-corrected chi connectivity index (χ0v) is 10.5. The Morgan fingerprint density at radius 1 is 1.25 bits per heavy atom. The van der Waals surface area contributed by atoms with Gasteiger partial charge in [-0.1, -0.05) is 40.7 Å². The summed E-state index contributed by atoms with van der Waals surface area (Å²) in [5.41, 5.74) is 2.30. The van der Waals surface area contributed by atoms with E-state index in [4.69, 9.17) is 0 Å². The van der Waals surface area contributed by atoms with Crippen molar-refractivity contribution in [2.24, 2.45) is 0 Å². The van der Waals surface area contributed by atoms with Crippen molar-refractivity contribution in [1.29, 1.82) is 0 Å². The van der Waals surface area contributed by atoms with Crippen LogP contribution in [0.2, 0.25) is 0 Å². The van der Waals surface area contributed by atoms with Gasteiger partial charge in [0.05, 0.1) is 4.92 Å². The normalized spacial score (nSPS) is 11.9. The van der Waals surface area contributed by atoms with Crippen molar-refractivity contribution < 1.29 is 4.92 Å². The molecule has 0 saturated heterocycles. The Labute approximate surface area is 96.6 Å². The average molecular weight is 220 g/mol. The minimum absolute atomic E-state index is 0.00172. The first-order chi connectivity index (χ1) is 7.23. The van der Waals surface area contributed by atoms with Crippen molar-refractivity contribution in [3.05, 3.63) is 45.4 Å². The molecule has 0 N–H and O–H groups in total. The van der Waals surface area contributed by atoms with Crippen molar-refractivity contribution in [2.45, 2.75) is 40.0 Å². The van der Waals surface area contributed by atoms with E-state index in [2.05, 4.69) is 20.8 Å². The van der Waals surface area contributed by atoms with Crippen LogP contribution < -0.4 is 0 Å². The van der Waals surface area contributed by atoms with Crippen LogP contribution in [0.25, 0.3) is 0 Å². The van der Waals surface area contributed by atoms with Gasteiger partial charge in [0, 0.05) is 12.1 Å². The lowest BCUT2D eigenvalue weighted by Gasteiger charge is -2.24. The summed E-state index contributed by atoms with van der Waals surface area (Å²) in [6.45, 7) is 10.3. The van der Waals surface area contributed by atoms with Gasteiger partial charge in [-0.3, -0.25) is 10.1 Å². The van der Waals surface area contributed by atoms with Gasteiger partial charge in [-0.2, -0.15) is 0 Å². The van der Waals surface area contributed by atoms with Crippen LogP contribution in [-0.4, -0.2) is 4.92 Å². The maximum Gasteiger partial charge on any atom is 0.269 e. The fraction of sp³-hybridized carbons (Fsp3) is 0.462. The zero-order valence-electron chi connectivity index (χ0n) is 10.5. The third-order valence-corrected chi connectivity index (χ3v) is 2.56. The van der Waals surface area contributed by atoms with Crippen molar-refractivity contribution in [1.82, 2.24) is 0 Å². The Morgan fingerprint density at radius 2 is 1.81 bits per heavy atom. The topological polar surface area (TPSA) is 43.1 Å². The Kier molecular flexibility index (Phi) is 3.36. The Hall–Kier alpha value is -1.38. The SMILES string of the molecule is C[C](C)c1cc([N+](=O)[O-])ccc1C(C)(C)C. The maximum atomic E-state index is 10.7. The van der Waals surface area contributed by atoms with Gasteiger partial charge in [-0.15, -0.1) is 0 Å². The second-order valence-corrected chi connectivity index (χ2v) is 5.24. The highest BCUT2D eigenvalue weighted by molar-refractivity contribution is 5.48. The molecular formula is C13H18NO2. The van der Waals surface area contributed by atoms with Gasteiger partial charge in [0.25, 0.3) is 5.69 Å². The molecule has 0 heterocycles. The van der Waals surface area contributed by atoms with E-state index in [1.165, 1.54) is 0 Å². The van der Waals surface area contributed by atoms with E-state index < -0.39 is 0 Å². The van der Waals surface area contributed by atoms with Crippen LogP contribution in [0.3, 0.4) is 0 Å². The highest BCUT2D eigenvalue weighted by Crippen LogP contribution is 2.32. The number of benzene rings is 1. The van der Waals surface area contributed by atoms with E-state index in [0.717, 1.165) is 17.0 Å². The molecule has 0 aromatic heterocycles. The summed E-state index contributed by atoms with van der Waals surface area (Å²) in [5.74, 6) is 1.11. The van der Waals surface area contributed by atoms with Gasteiger partial charge >= 0.3 is 0 Å². The molecule has 0 aliphatic rings. The summed E-state index contributed by atoms with van der Waals surface area (Å²) in [6.07, 6.45) is 0. The molecule has 87 valence electrons. The van der Waals surface area contributed by atoms with Gasteiger partial charge in [0.1, 0.15) is 0 Å². The molecule has 1 rings (SSSR count). The first-order valence-electron chi connectivity index (χ1n) is 5.33. The molecule has 1 radical (unpaired) electrons. The van der Waals surface area contributed by atoms with Gasteiger partial charge in [-0.05, 0) is 22.5 Å². The van der Waals surface area contributed by atoms with Crippen LogP contribution in [0, 0.1) is 16.0 Å². The quantitative estimate of drug-likeness (QED) is 0.561. The largest absolute Gasteiger partial charge is 0.269 e. The van der Waals surface area contributed by atoms with Crippen LogP contribution in [0.15, 0.2) is 18.2 Å². The van der Waals surface area contributed by atoms with E-state index in [1.807, 2.05) is 19.9 Å². The lowest BCUT2D eigenvalue weighted by atomic mass is 9.80. The number of hydrogen-bond donors (Lipinski definition) is 0. The molecule has 0 spiro atoms. The van der Waals surface area contributed by atoms with Gasteiger partial charge in [0.15, 0.2) is 0 Å². The highest BCUT2D eigenvalue weighted by Gasteiger charge is 2.21. The molecule has 0 aliphatic carbocycles. The number of nitro groups is 1. The van der Waals surface area contributed by atoms with Crippen LogP contribution in [0.4, 0.5) is 5.69 Å². The van der Waals surface area contributed by atoms with Crippen LogP contribution >= 0.6 is 0 Å². The molecule has 1 aromatic carbocycles. The zero-order chi connectivity index (χ0) is 12.5. The Bertz CT molecular complexity index is 403. The minimum atomic E-state index is -0.348. The molecule has 0 bridgehead atoms. The fourth-order valence-corrected chi connectivity index (χ4v) is 1.71. The summed E-state index contributed by atoms with van der Waals surface area (Å²) >= 11 is 0. The molecule has 0 fully saturated rings. The van der Waals surface area contributed by atoms with Crippen molar-refractivity contribution >= 4 is 5.69 Å². The van der Waals surface area contributed by atoms with Crippen LogP contribution in [0.5, 0.6) is 0 Å². The second kappa shape index (κ2) is 4.24. The number of hydrogen-bond acceptors (Lipinski definition) is 2. The number of nitrogens with zero attached hydrogens (tertiary/aromatic N) is 1. The molecule has 16 heavy (non-hydrogen) atoms. The first-order valence-corrected chi connectivity index (χ1v) is 5.33. The summed E-state index contributed by atoms with van der Waals surface area (Å²) in [7, 11) is 0. The molecular weight excluding hydrogens is 202 g/mol. The number of nitro benzene ring substituents is 1. The van der Waals surface area contributed by atoms with E-state index >= 15 is 0 Å². The molecule has 0 aliphatic heterocycles. The predicted octanol–water partition coefficient (Wildman–Crippen LogP) is 3.85. The van der Waals surface area contributed by atoms with Gasteiger partial charge in [-0.25, -0.2) is 0 Å². The van der Waals surface area contributed by atoms with Crippen molar-refractivity contribution in [2.75, 3.05) is 0 Å². The standard InChI is InChI=1S/C13H18NO2/c1-9(2)11-8-10(14(15)16)6-7-12(11)13(3,4)5/h6-8H,1-5H3. The summed E-state index contributed by atoms with van der Waals surface area (Å²) in [4.78, 5) is 10.4. The van der Waals surface area contributed by atoms with Gasteiger partial charge < -0.3 is 0 Å². The van der Waals surface area contributed by atoms with Gasteiger partial charge in [0.2, 0.25) is 0 Å². The number of rotatable bonds is 2. The maximum absolute atomic E-state index is 10.7. The van der Waals surface area contributed by atoms with Crippen molar-refractivity contribution in [3.8, 4) is 0 Å². The molecule has 0 atom stereocenters. The summed E-state index contributed by atoms with van der Waals surface area (Å²) in [5, 5.41) is 10.7. The fourth-order valence-electron chi connectivity index (χ4n) is 1.71. The minimum Gasteiger partial charge on any atom is -0.258 e. The van der Waals surface area contributed by atoms with Crippen LogP contribution in [-0.2, 0) is 5.41 Å².